The van der Waals surface area contributed by atoms with Crippen molar-refractivity contribution < 1.29 is 4.79 Å². The molecule has 0 unspecified atom stereocenters. The minimum atomic E-state index is -0.185. The maximum absolute atomic E-state index is 12.6. The van der Waals surface area contributed by atoms with E-state index >= 15 is 0 Å². The van der Waals surface area contributed by atoms with E-state index in [0.29, 0.717) is 5.92 Å². The maximum atomic E-state index is 12.6. The van der Waals surface area contributed by atoms with Crippen molar-refractivity contribution in [1.82, 2.24) is 10.4 Å². The Morgan fingerprint density at radius 1 is 0.828 bits per heavy atom. The first-order chi connectivity index (χ1) is 14.3. The van der Waals surface area contributed by atoms with E-state index < -0.39 is 0 Å². The van der Waals surface area contributed by atoms with Crippen molar-refractivity contribution in [3.05, 3.63) is 90.5 Å². The first-order valence-corrected chi connectivity index (χ1v) is 10.3. The van der Waals surface area contributed by atoms with Gasteiger partial charge in [-0.3, -0.25) is 5.43 Å². The molecular weight excluding hydrogens is 358 g/mol. The predicted molar refractivity (Wildman–Crippen MR) is 118 cm³/mol. The second kappa shape index (κ2) is 9.39. The van der Waals surface area contributed by atoms with Gasteiger partial charge in [0.1, 0.15) is 0 Å². The summed E-state index contributed by atoms with van der Waals surface area (Å²) in [4.78, 5) is 12.6. The molecule has 4 nitrogen and oxygen atoms in total. The van der Waals surface area contributed by atoms with Crippen LogP contribution in [0.3, 0.4) is 0 Å². The molecule has 1 saturated heterocycles. The lowest BCUT2D eigenvalue weighted by atomic mass is 9.91. The molecule has 4 rings (SSSR count). The van der Waals surface area contributed by atoms with Gasteiger partial charge in [0.2, 0.25) is 0 Å². The Morgan fingerprint density at radius 3 is 2.17 bits per heavy atom. The van der Waals surface area contributed by atoms with Crippen LogP contribution in [0.25, 0.3) is 11.1 Å². The van der Waals surface area contributed by atoms with Gasteiger partial charge in [-0.2, -0.15) is 0 Å². The zero-order valence-corrected chi connectivity index (χ0v) is 16.6. The normalized spacial score (nSPS) is 15.0. The molecule has 0 bridgehead atoms. The molecule has 2 N–H and O–H groups in total. The predicted octanol–water partition coefficient (Wildman–Crippen LogP) is 5.34. The summed E-state index contributed by atoms with van der Waals surface area (Å²) in [5.41, 5.74) is 7.33. The third kappa shape index (κ3) is 5.24. The molecule has 29 heavy (non-hydrogen) atoms. The largest absolute Gasteiger partial charge is 0.333 e. The molecule has 3 aromatic rings. The molecule has 3 aromatic carbocycles. The van der Waals surface area contributed by atoms with Crippen LogP contribution in [0.5, 0.6) is 0 Å². The number of rotatable bonds is 5. The Morgan fingerprint density at radius 2 is 1.45 bits per heavy atom. The molecule has 0 spiro atoms. The van der Waals surface area contributed by atoms with Gasteiger partial charge < -0.3 is 5.32 Å². The van der Waals surface area contributed by atoms with Gasteiger partial charge in [-0.15, -0.1) is 0 Å². The van der Waals surface area contributed by atoms with Crippen LogP contribution in [0.1, 0.15) is 18.4 Å². The van der Waals surface area contributed by atoms with Crippen molar-refractivity contribution in [3.8, 4) is 11.1 Å². The number of piperidine rings is 1. The highest BCUT2D eigenvalue weighted by Crippen LogP contribution is 2.27. The SMILES string of the molecule is O=C(Nc1ccccc1-c1ccccc1)NN1CCC(Cc2ccccc2)CC1. The van der Waals surface area contributed by atoms with Crippen molar-refractivity contribution in [2.24, 2.45) is 5.92 Å². The van der Waals surface area contributed by atoms with Crippen LogP contribution in [0.2, 0.25) is 0 Å². The van der Waals surface area contributed by atoms with E-state index in [1.807, 2.05) is 47.5 Å². The molecular formula is C25H27N3O. The molecule has 4 heteroatoms. The number of nitrogens with one attached hydrogen (secondary N) is 2. The fourth-order valence-electron chi connectivity index (χ4n) is 3.95. The zero-order chi connectivity index (χ0) is 19.9. The van der Waals surface area contributed by atoms with Gasteiger partial charge in [0.25, 0.3) is 0 Å². The standard InChI is InChI=1S/C25H27N3O/c29-25(26-24-14-8-7-13-23(24)22-11-5-2-6-12-22)27-28-17-15-21(16-18-28)19-20-9-3-1-4-10-20/h1-14,21H,15-19H2,(H2,26,27,29). The summed E-state index contributed by atoms with van der Waals surface area (Å²) in [6.45, 7) is 1.76. The van der Waals surface area contributed by atoms with Crippen molar-refractivity contribution in [2.75, 3.05) is 18.4 Å². The minimum Gasteiger partial charge on any atom is -0.306 e. The Hall–Kier alpha value is -3.11. The molecule has 1 fully saturated rings. The Balaban J connectivity index is 1.30. The van der Waals surface area contributed by atoms with E-state index in [4.69, 9.17) is 0 Å². The number of carbonyl (C=O) groups excluding carboxylic acids is 1. The number of anilines is 1. The summed E-state index contributed by atoms with van der Waals surface area (Å²) in [5, 5.41) is 5.05. The second-order valence-electron chi connectivity index (χ2n) is 7.60. The molecule has 0 atom stereocenters. The summed E-state index contributed by atoms with van der Waals surface area (Å²) < 4.78 is 0. The van der Waals surface area contributed by atoms with Crippen molar-refractivity contribution in [3.63, 3.8) is 0 Å². The molecule has 0 saturated carbocycles. The van der Waals surface area contributed by atoms with Gasteiger partial charge in [0, 0.05) is 18.7 Å². The molecule has 0 aromatic heterocycles. The third-order valence-corrected chi connectivity index (χ3v) is 5.50. The summed E-state index contributed by atoms with van der Waals surface area (Å²) in [6, 6.07) is 28.5. The van der Waals surface area contributed by atoms with E-state index in [1.165, 1.54) is 5.56 Å². The highest BCUT2D eigenvalue weighted by Gasteiger charge is 2.21. The summed E-state index contributed by atoms with van der Waals surface area (Å²) in [6.07, 6.45) is 3.30. The van der Waals surface area contributed by atoms with E-state index in [1.54, 1.807) is 0 Å². The number of benzene rings is 3. The average molecular weight is 386 g/mol. The Kier molecular flexibility index (Phi) is 6.22. The molecule has 0 radical (unpaired) electrons. The smallest absolute Gasteiger partial charge is 0.306 e. The lowest BCUT2D eigenvalue weighted by Crippen LogP contribution is -2.48. The average Bonchev–Trinajstić information content (AvgIpc) is 2.77. The van der Waals surface area contributed by atoms with Gasteiger partial charge in [0.15, 0.2) is 0 Å². The number of nitrogens with zero attached hydrogens (tertiary/aromatic N) is 1. The summed E-state index contributed by atoms with van der Waals surface area (Å²) in [5.74, 6) is 0.678. The van der Waals surface area contributed by atoms with Crippen LogP contribution in [0.4, 0.5) is 10.5 Å². The number of carbonyl (C=O) groups is 1. The number of hydrogen-bond donors (Lipinski definition) is 2. The van der Waals surface area contributed by atoms with Crippen LogP contribution in [0, 0.1) is 5.92 Å². The van der Waals surface area contributed by atoms with Crippen molar-refractivity contribution in [1.29, 1.82) is 0 Å². The lowest BCUT2D eigenvalue weighted by molar-refractivity contribution is 0.135. The number of urea groups is 1. The topological polar surface area (TPSA) is 44.4 Å². The van der Waals surface area contributed by atoms with E-state index in [9.17, 15) is 4.79 Å². The first-order valence-electron chi connectivity index (χ1n) is 10.3. The van der Waals surface area contributed by atoms with E-state index in [-0.39, 0.29) is 6.03 Å². The van der Waals surface area contributed by atoms with Crippen LogP contribution in [-0.4, -0.2) is 24.1 Å². The van der Waals surface area contributed by atoms with Crippen LogP contribution in [0.15, 0.2) is 84.9 Å². The minimum absolute atomic E-state index is 0.185. The van der Waals surface area contributed by atoms with Crippen LogP contribution < -0.4 is 10.7 Å². The van der Waals surface area contributed by atoms with Gasteiger partial charge in [0.05, 0.1) is 5.69 Å². The quantitative estimate of drug-likeness (QED) is 0.622. The van der Waals surface area contributed by atoms with Gasteiger partial charge in [-0.1, -0.05) is 78.9 Å². The number of para-hydroxylation sites is 1. The maximum Gasteiger partial charge on any atom is 0.333 e. The molecule has 1 aliphatic rings. The summed E-state index contributed by atoms with van der Waals surface area (Å²) in [7, 11) is 0. The summed E-state index contributed by atoms with van der Waals surface area (Å²) >= 11 is 0. The molecule has 0 aliphatic carbocycles. The van der Waals surface area contributed by atoms with E-state index in [0.717, 1.165) is 49.2 Å². The molecule has 1 aliphatic heterocycles. The monoisotopic (exact) mass is 385 g/mol. The first kappa shape index (κ1) is 19.2. The number of hydrazine groups is 1. The lowest BCUT2D eigenvalue weighted by Gasteiger charge is -2.32. The second-order valence-corrected chi connectivity index (χ2v) is 7.60. The van der Waals surface area contributed by atoms with Gasteiger partial charge in [-0.05, 0) is 42.4 Å². The fraction of sp³-hybridized carbons (Fsp3) is 0.240. The number of hydrogen-bond acceptors (Lipinski definition) is 2. The van der Waals surface area contributed by atoms with Gasteiger partial charge in [-0.25, -0.2) is 9.80 Å². The van der Waals surface area contributed by atoms with E-state index in [2.05, 4.69) is 53.2 Å². The van der Waals surface area contributed by atoms with Crippen LogP contribution >= 0.6 is 0 Å². The molecule has 148 valence electrons. The fourth-order valence-corrected chi connectivity index (χ4v) is 3.95. The van der Waals surface area contributed by atoms with Crippen LogP contribution in [-0.2, 0) is 6.42 Å². The highest BCUT2D eigenvalue weighted by atomic mass is 16.2. The third-order valence-electron chi connectivity index (χ3n) is 5.50. The molecule has 2 amide bonds. The molecule has 1 heterocycles. The highest BCUT2D eigenvalue weighted by molar-refractivity contribution is 5.94. The Labute approximate surface area is 172 Å². The van der Waals surface area contributed by atoms with Crippen molar-refractivity contribution in [2.45, 2.75) is 19.3 Å². The van der Waals surface area contributed by atoms with Gasteiger partial charge >= 0.3 is 6.03 Å². The number of amides is 2. The van der Waals surface area contributed by atoms with Crippen molar-refractivity contribution >= 4 is 11.7 Å². The Bertz CT molecular complexity index is 919. The zero-order valence-electron chi connectivity index (χ0n) is 16.6.